The normalized spacial score (nSPS) is 14.6. The number of primary sulfonamides is 1. The van der Waals surface area contributed by atoms with Gasteiger partial charge < -0.3 is 10.1 Å². The van der Waals surface area contributed by atoms with Crippen LogP contribution in [-0.2, 0) is 24.8 Å². The number of hydrogen-bond acceptors (Lipinski definition) is 6. The van der Waals surface area contributed by atoms with Gasteiger partial charge in [0.25, 0.3) is 0 Å². The first-order valence-electron chi connectivity index (χ1n) is 8.91. The molecule has 1 fully saturated rings. The Morgan fingerprint density at radius 1 is 1.07 bits per heavy atom. The van der Waals surface area contributed by atoms with Crippen molar-refractivity contribution < 1.29 is 26.4 Å². The van der Waals surface area contributed by atoms with Gasteiger partial charge in [0.15, 0.2) is 0 Å². The molecule has 0 atom stereocenters. The van der Waals surface area contributed by atoms with Gasteiger partial charge in [0.1, 0.15) is 5.75 Å². The average molecular weight is 452 g/mol. The standard InChI is InChI=1S/C19H21N3O6S2/c1-28-18-10-9-16(29(20,24)25)12-17(18)21-19(23)11-4-13-2-7-15(8-3-13)30(26,27)22-14-5-6-14/h2-4,7-12,14,22H,5-6H2,1H3,(H,21,23)(H2,20,24,25)/b11-4+. The van der Waals surface area contributed by atoms with E-state index < -0.39 is 26.0 Å². The molecule has 160 valence electrons. The average Bonchev–Trinajstić information content (AvgIpc) is 3.49. The fraction of sp³-hybridized carbons (Fsp3) is 0.211. The molecular weight excluding hydrogens is 430 g/mol. The van der Waals surface area contributed by atoms with Gasteiger partial charge in [-0.25, -0.2) is 26.7 Å². The third-order valence-electron chi connectivity index (χ3n) is 4.27. The van der Waals surface area contributed by atoms with Crippen molar-refractivity contribution in [3.05, 3.63) is 54.1 Å². The highest BCUT2D eigenvalue weighted by Crippen LogP contribution is 2.27. The topological polar surface area (TPSA) is 145 Å². The molecule has 0 aliphatic heterocycles. The molecule has 0 saturated heterocycles. The summed E-state index contributed by atoms with van der Waals surface area (Å²) in [5.74, 6) is -0.270. The van der Waals surface area contributed by atoms with E-state index in [1.54, 1.807) is 12.1 Å². The van der Waals surface area contributed by atoms with Crippen molar-refractivity contribution in [3.63, 3.8) is 0 Å². The summed E-state index contributed by atoms with van der Waals surface area (Å²) in [6, 6.07) is 9.94. The third kappa shape index (κ3) is 5.66. The number of sulfonamides is 2. The highest BCUT2D eigenvalue weighted by Gasteiger charge is 2.27. The number of rotatable bonds is 8. The first kappa shape index (κ1) is 22.0. The fourth-order valence-corrected chi connectivity index (χ4v) is 4.40. The van der Waals surface area contributed by atoms with E-state index in [4.69, 9.17) is 9.88 Å². The lowest BCUT2D eigenvalue weighted by Crippen LogP contribution is -2.25. The summed E-state index contributed by atoms with van der Waals surface area (Å²) >= 11 is 0. The Morgan fingerprint density at radius 3 is 2.27 bits per heavy atom. The van der Waals surface area contributed by atoms with Crippen molar-refractivity contribution in [2.24, 2.45) is 5.14 Å². The Morgan fingerprint density at radius 2 is 1.70 bits per heavy atom. The lowest BCUT2D eigenvalue weighted by Gasteiger charge is -2.10. The highest BCUT2D eigenvalue weighted by molar-refractivity contribution is 7.89. The van der Waals surface area contributed by atoms with Crippen LogP contribution in [0.3, 0.4) is 0 Å². The molecule has 0 aromatic heterocycles. The Labute approximate surface area is 175 Å². The molecule has 1 amide bonds. The van der Waals surface area contributed by atoms with E-state index in [1.165, 1.54) is 49.6 Å². The predicted octanol–water partition coefficient (Wildman–Crippen LogP) is 1.44. The van der Waals surface area contributed by atoms with Gasteiger partial charge in [0.2, 0.25) is 26.0 Å². The summed E-state index contributed by atoms with van der Waals surface area (Å²) in [5.41, 5.74) is 0.757. The molecule has 1 saturated carbocycles. The van der Waals surface area contributed by atoms with Crippen molar-refractivity contribution in [3.8, 4) is 5.75 Å². The molecular formula is C19H21N3O6S2. The van der Waals surface area contributed by atoms with Crippen LogP contribution in [0.25, 0.3) is 6.08 Å². The number of carbonyl (C=O) groups is 1. The van der Waals surface area contributed by atoms with Gasteiger partial charge in [-0.15, -0.1) is 0 Å². The van der Waals surface area contributed by atoms with Crippen LogP contribution in [0.1, 0.15) is 18.4 Å². The maximum atomic E-state index is 12.2. The Balaban J connectivity index is 1.70. The van der Waals surface area contributed by atoms with Crippen molar-refractivity contribution >= 4 is 37.7 Å². The first-order chi connectivity index (χ1) is 14.1. The molecule has 0 radical (unpaired) electrons. The van der Waals surface area contributed by atoms with E-state index in [0.29, 0.717) is 5.56 Å². The number of nitrogens with two attached hydrogens (primary N) is 1. The Bertz CT molecular complexity index is 1190. The molecule has 30 heavy (non-hydrogen) atoms. The Kier molecular flexibility index (Phi) is 6.27. The van der Waals surface area contributed by atoms with Crippen LogP contribution < -0.4 is 19.9 Å². The fourth-order valence-electron chi connectivity index (χ4n) is 2.55. The minimum atomic E-state index is -3.94. The summed E-state index contributed by atoms with van der Waals surface area (Å²) in [6.07, 6.45) is 4.42. The van der Waals surface area contributed by atoms with Gasteiger partial charge >= 0.3 is 0 Å². The quantitative estimate of drug-likeness (QED) is 0.518. The largest absolute Gasteiger partial charge is 0.495 e. The zero-order valence-electron chi connectivity index (χ0n) is 16.0. The molecule has 0 spiro atoms. The lowest BCUT2D eigenvalue weighted by atomic mass is 10.2. The molecule has 2 aromatic rings. The summed E-state index contributed by atoms with van der Waals surface area (Å²) < 4.78 is 55.1. The second-order valence-corrected chi connectivity index (χ2v) is 9.97. The molecule has 3 rings (SSSR count). The minimum Gasteiger partial charge on any atom is -0.495 e. The number of hydrogen-bond donors (Lipinski definition) is 3. The second kappa shape index (κ2) is 8.56. The van der Waals surface area contributed by atoms with Crippen LogP contribution in [0.5, 0.6) is 5.75 Å². The number of amides is 1. The summed E-state index contributed by atoms with van der Waals surface area (Å²) in [7, 11) is -6.10. The van der Waals surface area contributed by atoms with Gasteiger partial charge in [0, 0.05) is 12.1 Å². The van der Waals surface area contributed by atoms with E-state index in [-0.39, 0.29) is 27.3 Å². The van der Waals surface area contributed by atoms with Crippen molar-refractivity contribution in [2.75, 3.05) is 12.4 Å². The van der Waals surface area contributed by atoms with Gasteiger partial charge in [-0.1, -0.05) is 12.1 Å². The monoisotopic (exact) mass is 451 g/mol. The van der Waals surface area contributed by atoms with Gasteiger partial charge in [-0.2, -0.15) is 0 Å². The molecule has 0 unspecified atom stereocenters. The van der Waals surface area contributed by atoms with Gasteiger partial charge in [-0.05, 0) is 54.8 Å². The van der Waals surface area contributed by atoms with E-state index in [0.717, 1.165) is 12.8 Å². The van der Waals surface area contributed by atoms with Gasteiger partial charge in [-0.3, -0.25) is 4.79 Å². The molecule has 9 nitrogen and oxygen atoms in total. The smallest absolute Gasteiger partial charge is 0.248 e. The number of benzene rings is 2. The van der Waals surface area contributed by atoms with E-state index >= 15 is 0 Å². The summed E-state index contributed by atoms with van der Waals surface area (Å²) in [6.45, 7) is 0. The molecule has 0 heterocycles. The van der Waals surface area contributed by atoms with Crippen molar-refractivity contribution in [1.29, 1.82) is 0 Å². The second-order valence-electron chi connectivity index (χ2n) is 6.69. The van der Waals surface area contributed by atoms with Crippen LogP contribution in [0.4, 0.5) is 5.69 Å². The van der Waals surface area contributed by atoms with Crippen LogP contribution in [0, 0.1) is 0 Å². The SMILES string of the molecule is COc1ccc(S(N)(=O)=O)cc1NC(=O)/C=C/c1ccc(S(=O)(=O)NC2CC2)cc1. The van der Waals surface area contributed by atoms with Crippen LogP contribution in [0.2, 0.25) is 0 Å². The molecule has 1 aliphatic carbocycles. The van der Waals surface area contributed by atoms with Crippen molar-refractivity contribution in [1.82, 2.24) is 4.72 Å². The molecule has 2 aromatic carbocycles. The number of carbonyl (C=O) groups excluding carboxylic acids is 1. The molecule has 1 aliphatic rings. The minimum absolute atomic E-state index is 0.0167. The first-order valence-corrected chi connectivity index (χ1v) is 11.9. The highest BCUT2D eigenvalue weighted by atomic mass is 32.2. The van der Waals surface area contributed by atoms with Crippen LogP contribution in [-0.4, -0.2) is 35.9 Å². The van der Waals surface area contributed by atoms with Gasteiger partial charge in [0.05, 0.1) is 22.6 Å². The lowest BCUT2D eigenvalue weighted by molar-refractivity contribution is -0.111. The maximum absolute atomic E-state index is 12.2. The summed E-state index contributed by atoms with van der Waals surface area (Å²) in [4.78, 5) is 12.2. The molecule has 11 heteroatoms. The van der Waals surface area contributed by atoms with Crippen LogP contribution >= 0.6 is 0 Å². The van der Waals surface area contributed by atoms with E-state index in [1.807, 2.05) is 0 Å². The number of anilines is 1. The van der Waals surface area contributed by atoms with E-state index in [9.17, 15) is 21.6 Å². The van der Waals surface area contributed by atoms with Crippen molar-refractivity contribution in [2.45, 2.75) is 28.7 Å². The zero-order chi connectivity index (χ0) is 21.9. The third-order valence-corrected chi connectivity index (χ3v) is 6.72. The number of ether oxygens (including phenoxy) is 1. The predicted molar refractivity (Wildman–Crippen MR) is 112 cm³/mol. The van der Waals surface area contributed by atoms with E-state index in [2.05, 4.69) is 10.0 Å². The summed E-state index contributed by atoms with van der Waals surface area (Å²) in [5, 5.41) is 7.64. The maximum Gasteiger partial charge on any atom is 0.248 e. The molecule has 0 bridgehead atoms. The zero-order valence-corrected chi connectivity index (χ0v) is 17.7. The number of methoxy groups -OCH3 is 1. The van der Waals surface area contributed by atoms with Crippen LogP contribution in [0.15, 0.2) is 58.3 Å². The molecule has 4 N–H and O–H groups in total. The Hall–Kier alpha value is -2.73. The number of nitrogens with one attached hydrogen (secondary N) is 2.